The fraction of sp³-hybridized carbons (Fsp3) is 0.867. The maximum atomic E-state index is 12.2. The summed E-state index contributed by atoms with van der Waals surface area (Å²) in [6, 6.07) is 0.321. The molecule has 1 saturated carbocycles. The molecule has 1 N–H and O–H groups in total. The first-order chi connectivity index (χ1) is 10.1. The predicted octanol–water partition coefficient (Wildman–Crippen LogP) is 1.27. The number of thioether (sulfide) groups is 1. The molecule has 1 aliphatic heterocycles. The molecule has 2 rings (SSSR count). The van der Waals surface area contributed by atoms with Crippen molar-refractivity contribution in [2.24, 2.45) is 5.92 Å². The van der Waals surface area contributed by atoms with Gasteiger partial charge in [0.15, 0.2) is 0 Å². The average molecular weight is 314 g/mol. The molecule has 2 aliphatic rings. The molecule has 1 amide bonds. The molecule has 1 aliphatic carbocycles. The number of hydrogen-bond donors (Lipinski definition) is 1. The van der Waals surface area contributed by atoms with Crippen LogP contribution in [0.15, 0.2) is 0 Å². The van der Waals surface area contributed by atoms with Gasteiger partial charge in [-0.15, -0.1) is 11.8 Å². The average Bonchev–Trinajstić information content (AvgIpc) is 2.49. The molecular weight excluding hydrogens is 288 g/mol. The van der Waals surface area contributed by atoms with Gasteiger partial charge in [-0.2, -0.15) is 0 Å². The van der Waals surface area contributed by atoms with E-state index in [9.17, 15) is 9.59 Å². The minimum Gasteiger partial charge on any atom is -0.468 e. The Morgan fingerprint density at radius 3 is 2.81 bits per heavy atom. The van der Waals surface area contributed by atoms with E-state index in [1.165, 1.54) is 26.4 Å². The van der Waals surface area contributed by atoms with Crippen molar-refractivity contribution in [3.8, 4) is 0 Å². The third-order valence-corrected chi connectivity index (χ3v) is 5.60. The zero-order valence-electron chi connectivity index (χ0n) is 13.0. The number of carbonyl (C=O) groups excluding carboxylic acids is 2. The Hall–Kier alpha value is -0.750. The number of carbonyl (C=O) groups is 2. The molecule has 120 valence electrons. The minimum absolute atomic E-state index is 0.0873. The fourth-order valence-corrected chi connectivity index (χ4v) is 4.30. The first-order valence-electron chi connectivity index (χ1n) is 7.81. The lowest BCUT2D eigenvalue weighted by Gasteiger charge is -2.33. The summed E-state index contributed by atoms with van der Waals surface area (Å²) < 4.78 is 4.79. The minimum atomic E-state index is -0.189. The van der Waals surface area contributed by atoms with Crippen molar-refractivity contribution < 1.29 is 14.3 Å². The third-order valence-electron chi connectivity index (χ3n) is 4.44. The molecule has 1 heterocycles. The van der Waals surface area contributed by atoms with E-state index in [1.54, 1.807) is 11.8 Å². The summed E-state index contributed by atoms with van der Waals surface area (Å²) in [4.78, 5) is 25.8. The number of amides is 1. The molecule has 0 bridgehead atoms. The standard InChI is InChI=1S/C15H26N2O3S/c1-11-5-3-4-6-12(11)16-14(18)10-17-7-8-21-13(9-17)15(19)20-2/h11-13H,3-10H2,1-2H3,(H,16,18)/t11-,12+,13+/m1/s1. The highest BCUT2D eigenvalue weighted by Crippen LogP contribution is 2.24. The third kappa shape index (κ3) is 4.88. The van der Waals surface area contributed by atoms with Crippen LogP contribution >= 0.6 is 11.8 Å². The van der Waals surface area contributed by atoms with Gasteiger partial charge >= 0.3 is 5.97 Å². The molecule has 0 aromatic heterocycles. The molecule has 0 unspecified atom stereocenters. The second-order valence-electron chi connectivity index (χ2n) is 6.05. The Morgan fingerprint density at radius 2 is 2.10 bits per heavy atom. The van der Waals surface area contributed by atoms with Gasteiger partial charge < -0.3 is 10.1 Å². The van der Waals surface area contributed by atoms with Crippen LogP contribution < -0.4 is 5.32 Å². The van der Waals surface area contributed by atoms with Gasteiger partial charge in [0, 0.05) is 24.9 Å². The highest BCUT2D eigenvalue weighted by atomic mass is 32.2. The van der Waals surface area contributed by atoms with E-state index < -0.39 is 0 Å². The van der Waals surface area contributed by atoms with Crippen LogP contribution in [0.5, 0.6) is 0 Å². The quantitative estimate of drug-likeness (QED) is 0.792. The van der Waals surface area contributed by atoms with Gasteiger partial charge in [0.25, 0.3) is 0 Å². The smallest absolute Gasteiger partial charge is 0.320 e. The SMILES string of the molecule is COC(=O)[C@@H]1CN(CC(=O)N[C@H]2CCCC[C@H]2C)CCS1. The van der Waals surface area contributed by atoms with Gasteiger partial charge in [-0.1, -0.05) is 19.8 Å². The highest BCUT2D eigenvalue weighted by Gasteiger charge is 2.29. The number of nitrogens with zero attached hydrogens (tertiary/aromatic N) is 1. The normalized spacial score (nSPS) is 30.7. The van der Waals surface area contributed by atoms with Crippen molar-refractivity contribution in [1.82, 2.24) is 10.2 Å². The van der Waals surface area contributed by atoms with E-state index >= 15 is 0 Å². The Kier molecular flexibility index (Phi) is 6.36. The lowest BCUT2D eigenvalue weighted by atomic mass is 9.86. The van der Waals surface area contributed by atoms with Gasteiger partial charge in [-0.25, -0.2) is 0 Å². The Morgan fingerprint density at radius 1 is 1.33 bits per heavy atom. The van der Waals surface area contributed by atoms with Gasteiger partial charge in [0.1, 0.15) is 5.25 Å². The molecule has 5 nitrogen and oxygen atoms in total. The van der Waals surface area contributed by atoms with Crippen molar-refractivity contribution in [2.75, 3.05) is 32.5 Å². The molecule has 1 saturated heterocycles. The van der Waals surface area contributed by atoms with Crippen molar-refractivity contribution >= 4 is 23.6 Å². The maximum absolute atomic E-state index is 12.2. The zero-order valence-corrected chi connectivity index (χ0v) is 13.8. The first kappa shape index (κ1) is 16.6. The van der Waals surface area contributed by atoms with Crippen molar-refractivity contribution in [2.45, 2.75) is 43.9 Å². The summed E-state index contributed by atoms with van der Waals surface area (Å²) in [6.07, 6.45) is 4.78. The molecular formula is C15H26N2O3S. The molecule has 0 radical (unpaired) electrons. The van der Waals surface area contributed by atoms with Crippen molar-refractivity contribution in [3.05, 3.63) is 0 Å². The number of rotatable bonds is 4. The van der Waals surface area contributed by atoms with Crippen LogP contribution in [-0.4, -0.2) is 60.6 Å². The molecule has 0 aromatic carbocycles. The van der Waals surface area contributed by atoms with E-state index in [1.807, 2.05) is 0 Å². The van der Waals surface area contributed by atoms with Gasteiger partial charge in [-0.3, -0.25) is 14.5 Å². The topological polar surface area (TPSA) is 58.6 Å². The van der Waals surface area contributed by atoms with E-state index in [0.717, 1.165) is 18.7 Å². The van der Waals surface area contributed by atoms with Gasteiger partial charge in [-0.05, 0) is 18.8 Å². The molecule has 21 heavy (non-hydrogen) atoms. The summed E-state index contributed by atoms with van der Waals surface area (Å²) in [6.45, 7) is 4.06. The second kappa shape index (κ2) is 8.03. The van der Waals surface area contributed by atoms with E-state index in [0.29, 0.717) is 25.0 Å². The molecule has 2 fully saturated rings. The number of ether oxygens (including phenoxy) is 1. The first-order valence-corrected chi connectivity index (χ1v) is 8.86. The molecule has 3 atom stereocenters. The van der Waals surface area contributed by atoms with Crippen LogP contribution in [0.3, 0.4) is 0 Å². The Balaban J connectivity index is 1.77. The summed E-state index contributed by atoms with van der Waals surface area (Å²) in [5.41, 5.74) is 0. The van der Waals surface area contributed by atoms with E-state index in [-0.39, 0.29) is 17.1 Å². The maximum Gasteiger partial charge on any atom is 0.320 e. The number of hydrogen-bond acceptors (Lipinski definition) is 5. The molecule has 0 spiro atoms. The fourth-order valence-electron chi connectivity index (χ4n) is 3.11. The van der Waals surface area contributed by atoms with E-state index in [4.69, 9.17) is 4.74 Å². The second-order valence-corrected chi connectivity index (χ2v) is 7.36. The van der Waals surface area contributed by atoms with Crippen LogP contribution in [-0.2, 0) is 14.3 Å². The van der Waals surface area contributed by atoms with Crippen LogP contribution in [0.25, 0.3) is 0 Å². The number of methoxy groups -OCH3 is 1. The molecule has 6 heteroatoms. The lowest BCUT2D eigenvalue weighted by molar-refractivity contribution is -0.140. The zero-order chi connectivity index (χ0) is 15.2. The summed E-state index contributed by atoms with van der Waals surface area (Å²) in [7, 11) is 1.42. The Bertz CT molecular complexity index is 378. The Labute approximate surface area is 131 Å². The number of esters is 1. The van der Waals surface area contributed by atoms with Gasteiger partial charge in [0.2, 0.25) is 5.91 Å². The molecule has 0 aromatic rings. The van der Waals surface area contributed by atoms with Gasteiger partial charge in [0.05, 0.1) is 13.7 Å². The lowest BCUT2D eigenvalue weighted by Crippen LogP contribution is -2.49. The van der Waals surface area contributed by atoms with E-state index in [2.05, 4.69) is 17.1 Å². The summed E-state index contributed by atoms with van der Waals surface area (Å²) >= 11 is 1.61. The highest BCUT2D eigenvalue weighted by molar-refractivity contribution is 8.00. The number of nitrogens with one attached hydrogen (secondary N) is 1. The van der Waals surface area contributed by atoms with Crippen LogP contribution in [0.4, 0.5) is 0 Å². The van der Waals surface area contributed by atoms with Crippen LogP contribution in [0.1, 0.15) is 32.6 Å². The van der Waals surface area contributed by atoms with Crippen LogP contribution in [0.2, 0.25) is 0 Å². The largest absolute Gasteiger partial charge is 0.468 e. The summed E-state index contributed by atoms with van der Waals surface area (Å²) in [5, 5.41) is 3.01. The monoisotopic (exact) mass is 314 g/mol. The summed E-state index contributed by atoms with van der Waals surface area (Å²) in [5.74, 6) is 1.34. The van der Waals surface area contributed by atoms with Crippen molar-refractivity contribution in [1.29, 1.82) is 0 Å². The van der Waals surface area contributed by atoms with Crippen molar-refractivity contribution in [3.63, 3.8) is 0 Å². The van der Waals surface area contributed by atoms with Crippen LogP contribution in [0, 0.1) is 5.92 Å². The predicted molar refractivity (Wildman–Crippen MR) is 84.3 cm³/mol.